The molecule has 0 radical (unpaired) electrons. The molecule has 1 aromatic heterocycles. The predicted molar refractivity (Wildman–Crippen MR) is 75.4 cm³/mol. The number of aliphatic hydroxyl groups excluding tert-OH is 1. The van der Waals surface area contributed by atoms with Crippen molar-refractivity contribution in [3.05, 3.63) is 29.6 Å². The summed E-state index contributed by atoms with van der Waals surface area (Å²) in [5, 5.41) is 9.50. The molecule has 1 N–H and O–H groups in total. The highest BCUT2D eigenvalue weighted by Gasteiger charge is 2.24. The maximum atomic E-state index is 9.50. The van der Waals surface area contributed by atoms with Gasteiger partial charge in [0.25, 0.3) is 0 Å². The fourth-order valence-corrected chi connectivity index (χ4v) is 2.01. The third-order valence-corrected chi connectivity index (χ3v) is 3.62. The Morgan fingerprint density at radius 1 is 1.33 bits per heavy atom. The molecule has 3 heteroatoms. The second kappa shape index (κ2) is 6.86. The van der Waals surface area contributed by atoms with Gasteiger partial charge in [0.1, 0.15) is 0 Å². The van der Waals surface area contributed by atoms with E-state index >= 15 is 0 Å². The largest absolute Gasteiger partial charge is 0.396 e. The topological polar surface area (TPSA) is 36.4 Å². The number of aliphatic hydroxyl groups is 1. The van der Waals surface area contributed by atoms with E-state index in [1.54, 1.807) is 0 Å². The Hall–Kier alpha value is -0.930. The first-order valence-corrected chi connectivity index (χ1v) is 6.78. The zero-order valence-electron chi connectivity index (χ0n) is 12.1. The Labute approximate surface area is 111 Å². The monoisotopic (exact) mass is 250 g/mol. The van der Waals surface area contributed by atoms with Gasteiger partial charge >= 0.3 is 0 Å². The van der Waals surface area contributed by atoms with Gasteiger partial charge in [0.2, 0.25) is 0 Å². The van der Waals surface area contributed by atoms with Gasteiger partial charge in [-0.1, -0.05) is 26.8 Å². The summed E-state index contributed by atoms with van der Waals surface area (Å²) in [7, 11) is 0. The van der Waals surface area contributed by atoms with Gasteiger partial charge in [-0.05, 0) is 32.0 Å². The molecule has 0 aliphatic carbocycles. The highest BCUT2D eigenvalue weighted by Crippen LogP contribution is 2.22. The number of aromatic nitrogens is 1. The van der Waals surface area contributed by atoms with E-state index < -0.39 is 0 Å². The van der Waals surface area contributed by atoms with Crippen molar-refractivity contribution in [2.24, 2.45) is 5.41 Å². The predicted octanol–water partition coefficient (Wildman–Crippen LogP) is 2.62. The molecule has 0 aliphatic rings. The summed E-state index contributed by atoms with van der Waals surface area (Å²) in [5.41, 5.74) is 2.15. The lowest BCUT2D eigenvalue weighted by molar-refractivity contribution is 0.0831. The molecule has 1 heterocycles. The number of rotatable bonds is 7. The smallest absolute Gasteiger partial charge is 0.0547 e. The SMILES string of the molecule is CCN(Cc1cccc(C)n1)CC(C)(CC)CO. The van der Waals surface area contributed by atoms with E-state index in [-0.39, 0.29) is 12.0 Å². The first-order chi connectivity index (χ1) is 8.53. The Morgan fingerprint density at radius 2 is 2.06 bits per heavy atom. The Balaban J connectivity index is 2.67. The van der Waals surface area contributed by atoms with Crippen molar-refractivity contribution >= 4 is 0 Å². The van der Waals surface area contributed by atoms with Crippen LogP contribution in [-0.2, 0) is 6.54 Å². The van der Waals surface area contributed by atoms with Gasteiger partial charge in [-0.25, -0.2) is 0 Å². The van der Waals surface area contributed by atoms with Crippen molar-refractivity contribution in [1.29, 1.82) is 0 Å². The van der Waals surface area contributed by atoms with Gasteiger partial charge in [-0.3, -0.25) is 9.88 Å². The third kappa shape index (κ3) is 4.39. The summed E-state index contributed by atoms with van der Waals surface area (Å²) in [6, 6.07) is 6.14. The van der Waals surface area contributed by atoms with Crippen molar-refractivity contribution in [3.63, 3.8) is 0 Å². The van der Waals surface area contributed by atoms with Crippen LogP contribution in [0, 0.1) is 12.3 Å². The molecule has 0 bridgehead atoms. The molecule has 0 aromatic carbocycles. The van der Waals surface area contributed by atoms with E-state index in [9.17, 15) is 5.11 Å². The van der Waals surface area contributed by atoms with Gasteiger partial charge in [-0.2, -0.15) is 0 Å². The highest BCUT2D eigenvalue weighted by molar-refractivity contribution is 5.09. The molecule has 1 unspecified atom stereocenters. The number of nitrogens with zero attached hydrogens (tertiary/aromatic N) is 2. The summed E-state index contributed by atoms with van der Waals surface area (Å²) in [6.07, 6.45) is 0.987. The summed E-state index contributed by atoms with van der Waals surface area (Å²) in [4.78, 5) is 6.89. The first-order valence-electron chi connectivity index (χ1n) is 6.78. The van der Waals surface area contributed by atoms with Crippen molar-refractivity contribution in [2.45, 2.75) is 40.7 Å². The molecular formula is C15H26N2O. The van der Waals surface area contributed by atoms with Crippen molar-refractivity contribution in [3.8, 4) is 0 Å². The molecule has 0 amide bonds. The summed E-state index contributed by atoms with van der Waals surface area (Å²) in [6.45, 7) is 11.4. The van der Waals surface area contributed by atoms with E-state index in [0.717, 1.165) is 37.4 Å². The van der Waals surface area contributed by atoms with Gasteiger partial charge in [0.05, 0.1) is 5.69 Å². The normalized spacial score (nSPS) is 14.8. The van der Waals surface area contributed by atoms with Gasteiger partial charge in [0.15, 0.2) is 0 Å². The van der Waals surface area contributed by atoms with Crippen molar-refractivity contribution < 1.29 is 5.11 Å². The molecule has 0 fully saturated rings. The summed E-state index contributed by atoms with van der Waals surface area (Å²) < 4.78 is 0. The molecule has 102 valence electrons. The quantitative estimate of drug-likeness (QED) is 0.808. The number of aryl methyl sites for hydroxylation is 1. The fourth-order valence-electron chi connectivity index (χ4n) is 2.01. The minimum Gasteiger partial charge on any atom is -0.396 e. The lowest BCUT2D eigenvalue weighted by Crippen LogP contribution is -2.37. The van der Waals surface area contributed by atoms with Crippen molar-refractivity contribution in [2.75, 3.05) is 19.7 Å². The Bertz CT molecular complexity index is 361. The average Bonchev–Trinajstić information content (AvgIpc) is 2.38. The summed E-state index contributed by atoms with van der Waals surface area (Å²) >= 11 is 0. The van der Waals surface area contributed by atoms with E-state index in [0.29, 0.717) is 0 Å². The highest BCUT2D eigenvalue weighted by atomic mass is 16.3. The zero-order valence-corrected chi connectivity index (χ0v) is 12.1. The van der Waals surface area contributed by atoms with Crippen LogP contribution in [-0.4, -0.2) is 34.7 Å². The molecule has 0 saturated heterocycles. The minimum atomic E-state index is -0.0141. The van der Waals surface area contributed by atoms with Gasteiger partial charge in [0, 0.05) is 30.8 Å². The van der Waals surface area contributed by atoms with E-state index in [1.165, 1.54) is 0 Å². The molecule has 18 heavy (non-hydrogen) atoms. The Kier molecular flexibility index (Phi) is 5.76. The molecule has 0 spiro atoms. The van der Waals surface area contributed by atoms with Crippen LogP contribution >= 0.6 is 0 Å². The number of pyridine rings is 1. The number of hydrogen-bond donors (Lipinski definition) is 1. The summed E-state index contributed by atoms with van der Waals surface area (Å²) in [5.74, 6) is 0. The Morgan fingerprint density at radius 3 is 2.56 bits per heavy atom. The van der Waals surface area contributed by atoms with Crippen LogP contribution in [0.25, 0.3) is 0 Å². The molecule has 1 aromatic rings. The van der Waals surface area contributed by atoms with Crippen LogP contribution in [0.2, 0.25) is 0 Å². The van der Waals surface area contributed by atoms with Crippen LogP contribution in [0.4, 0.5) is 0 Å². The van der Waals surface area contributed by atoms with Crippen LogP contribution in [0.1, 0.15) is 38.6 Å². The van der Waals surface area contributed by atoms with Crippen LogP contribution in [0.15, 0.2) is 18.2 Å². The molecule has 1 atom stereocenters. The van der Waals surface area contributed by atoms with Crippen LogP contribution < -0.4 is 0 Å². The standard InChI is InChI=1S/C15H26N2O/c1-5-15(4,12-18)11-17(6-2)10-14-9-7-8-13(3)16-14/h7-9,18H,5-6,10-12H2,1-4H3. The fraction of sp³-hybridized carbons (Fsp3) is 0.667. The molecule has 1 rings (SSSR count). The zero-order chi connectivity index (χ0) is 13.6. The second-order valence-electron chi connectivity index (χ2n) is 5.40. The van der Waals surface area contributed by atoms with Crippen LogP contribution in [0.5, 0.6) is 0 Å². The van der Waals surface area contributed by atoms with E-state index in [1.807, 2.05) is 13.0 Å². The molecular weight excluding hydrogens is 224 g/mol. The van der Waals surface area contributed by atoms with Gasteiger partial charge in [-0.15, -0.1) is 0 Å². The first kappa shape index (κ1) is 15.1. The second-order valence-corrected chi connectivity index (χ2v) is 5.40. The maximum Gasteiger partial charge on any atom is 0.0547 e. The minimum absolute atomic E-state index is 0.0141. The van der Waals surface area contributed by atoms with Crippen LogP contribution in [0.3, 0.4) is 0 Å². The van der Waals surface area contributed by atoms with Gasteiger partial charge < -0.3 is 5.11 Å². The van der Waals surface area contributed by atoms with E-state index in [2.05, 4.69) is 42.8 Å². The van der Waals surface area contributed by atoms with Crippen molar-refractivity contribution in [1.82, 2.24) is 9.88 Å². The third-order valence-electron chi connectivity index (χ3n) is 3.62. The lowest BCUT2D eigenvalue weighted by atomic mass is 9.88. The van der Waals surface area contributed by atoms with E-state index in [4.69, 9.17) is 0 Å². The number of hydrogen-bond acceptors (Lipinski definition) is 3. The molecule has 0 aliphatic heterocycles. The average molecular weight is 250 g/mol. The maximum absolute atomic E-state index is 9.50. The molecule has 0 saturated carbocycles. The lowest BCUT2D eigenvalue weighted by Gasteiger charge is -2.32. The molecule has 3 nitrogen and oxygen atoms in total.